The van der Waals surface area contributed by atoms with E-state index in [0.29, 0.717) is 13.2 Å². The summed E-state index contributed by atoms with van der Waals surface area (Å²) in [6, 6.07) is 3.79. The third-order valence-electron chi connectivity index (χ3n) is 4.22. The van der Waals surface area contributed by atoms with Crippen molar-refractivity contribution in [1.82, 2.24) is 10.6 Å². The van der Waals surface area contributed by atoms with Crippen molar-refractivity contribution < 1.29 is 13.9 Å². The molecule has 1 aliphatic rings. The summed E-state index contributed by atoms with van der Waals surface area (Å²) in [5, 5.41) is 6.79. The SMILES string of the molecule is CN=C(NCCCOCc1ccco1)NCC1(SC)CCOCC1.I. The van der Waals surface area contributed by atoms with Crippen LogP contribution in [-0.2, 0) is 16.1 Å². The molecular formula is C17H30IN3O3S. The summed E-state index contributed by atoms with van der Waals surface area (Å²) in [5.74, 6) is 1.71. The van der Waals surface area contributed by atoms with E-state index in [2.05, 4.69) is 21.9 Å². The van der Waals surface area contributed by atoms with Crippen molar-refractivity contribution in [3.8, 4) is 0 Å². The number of hydrogen-bond acceptors (Lipinski definition) is 5. The van der Waals surface area contributed by atoms with E-state index in [0.717, 1.165) is 57.3 Å². The van der Waals surface area contributed by atoms with Crippen molar-refractivity contribution in [3.63, 3.8) is 0 Å². The van der Waals surface area contributed by atoms with Crippen LogP contribution in [-0.4, -0.2) is 56.9 Å². The maximum absolute atomic E-state index is 5.57. The molecule has 0 aliphatic carbocycles. The lowest BCUT2D eigenvalue weighted by atomic mass is 9.99. The minimum absolute atomic E-state index is 0. The van der Waals surface area contributed by atoms with Gasteiger partial charge in [0.05, 0.1) is 6.26 Å². The number of rotatable bonds is 9. The first kappa shape index (κ1) is 22.6. The summed E-state index contributed by atoms with van der Waals surface area (Å²) in [7, 11) is 1.80. The van der Waals surface area contributed by atoms with Gasteiger partial charge in [0, 0.05) is 44.7 Å². The second-order valence-corrected chi connectivity index (χ2v) is 7.11. The van der Waals surface area contributed by atoms with Crippen LogP contribution >= 0.6 is 35.7 Å². The fourth-order valence-electron chi connectivity index (χ4n) is 2.61. The summed E-state index contributed by atoms with van der Waals surface area (Å²) in [6.07, 6.45) is 6.93. The molecule has 144 valence electrons. The van der Waals surface area contributed by atoms with Crippen molar-refractivity contribution in [1.29, 1.82) is 0 Å². The van der Waals surface area contributed by atoms with Gasteiger partial charge >= 0.3 is 0 Å². The Morgan fingerprint density at radius 2 is 2.16 bits per heavy atom. The molecule has 0 saturated carbocycles. The Kier molecular flexibility index (Phi) is 11.6. The van der Waals surface area contributed by atoms with E-state index in [1.54, 1.807) is 13.3 Å². The molecule has 0 atom stereocenters. The smallest absolute Gasteiger partial charge is 0.191 e. The van der Waals surface area contributed by atoms with Crippen molar-refractivity contribution >= 4 is 41.7 Å². The Balaban J connectivity index is 0.00000312. The van der Waals surface area contributed by atoms with Gasteiger partial charge in [-0.2, -0.15) is 11.8 Å². The number of nitrogens with zero attached hydrogens (tertiary/aromatic N) is 1. The lowest BCUT2D eigenvalue weighted by Crippen LogP contribution is -2.48. The highest BCUT2D eigenvalue weighted by molar-refractivity contribution is 14.0. The number of aliphatic imine (C=N–C) groups is 1. The predicted molar refractivity (Wildman–Crippen MR) is 114 cm³/mol. The number of guanidine groups is 1. The zero-order valence-corrected chi connectivity index (χ0v) is 18.2. The van der Waals surface area contributed by atoms with Crippen LogP contribution in [0, 0.1) is 0 Å². The van der Waals surface area contributed by atoms with E-state index in [1.807, 2.05) is 23.9 Å². The maximum Gasteiger partial charge on any atom is 0.191 e. The molecule has 6 nitrogen and oxygen atoms in total. The number of furan rings is 1. The molecule has 1 aromatic rings. The molecule has 1 saturated heterocycles. The molecule has 0 amide bonds. The Hall–Kier alpha value is -0.450. The zero-order chi connectivity index (χ0) is 17.1. The highest BCUT2D eigenvalue weighted by Gasteiger charge is 2.31. The monoisotopic (exact) mass is 483 g/mol. The topological polar surface area (TPSA) is 68.0 Å². The maximum atomic E-state index is 5.57. The van der Waals surface area contributed by atoms with E-state index in [1.165, 1.54) is 0 Å². The molecule has 0 unspecified atom stereocenters. The Bertz CT molecular complexity index is 479. The molecule has 2 N–H and O–H groups in total. The van der Waals surface area contributed by atoms with Crippen molar-refractivity contribution in [3.05, 3.63) is 24.2 Å². The molecule has 1 aliphatic heterocycles. The van der Waals surface area contributed by atoms with Crippen molar-refractivity contribution in [2.45, 2.75) is 30.6 Å². The van der Waals surface area contributed by atoms with Crippen LogP contribution < -0.4 is 10.6 Å². The molecule has 1 aromatic heterocycles. The van der Waals surface area contributed by atoms with Gasteiger partial charge in [0.25, 0.3) is 0 Å². The lowest BCUT2D eigenvalue weighted by molar-refractivity contribution is 0.0782. The minimum Gasteiger partial charge on any atom is -0.467 e. The third-order valence-corrected chi connectivity index (χ3v) is 5.64. The van der Waals surface area contributed by atoms with E-state index >= 15 is 0 Å². The van der Waals surface area contributed by atoms with Gasteiger partial charge in [-0.15, -0.1) is 24.0 Å². The van der Waals surface area contributed by atoms with Crippen LogP contribution in [0.5, 0.6) is 0 Å². The summed E-state index contributed by atoms with van der Waals surface area (Å²) in [6.45, 7) is 4.65. The number of hydrogen-bond donors (Lipinski definition) is 2. The quantitative estimate of drug-likeness (QED) is 0.244. The highest BCUT2D eigenvalue weighted by Crippen LogP contribution is 2.32. The zero-order valence-electron chi connectivity index (χ0n) is 15.1. The normalized spacial score (nSPS) is 17.0. The Labute approximate surface area is 171 Å². The molecule has 0 radical (unpaired) electrons. The van der Waals surface area contributed by atoms with E-state index in [4.69, 9.17) is 13.9 Å². The molecule has 2 heterocycles. The fourth-order valence-corrected chi connectivity index (χ4v) is 3.40. The van der Waals surface area contributed by atoms with Gasteiger partial charge in [-0.1, -0.05) is 0 Å². The molecular weight excluding hydrogens is 453 g/mol. The number of halogens is 1. The molecule has 0 spiro atoms. The van der Waals surface area contributed by atoms with E-state index < -0.39 is 0 Å². The van der Waals surface area contributed by atoms with E-state index in [-0.39, 0.29) is 28.7 Å². The Morgan fingerprint density at radius 1 is 1.36 bits per heavy atom. The predicted octanol–water partition coefficient (Wildman–Crippen LogP) is 2.88. The molecule has 25 heavy (non-hydrogen) atoms. The fraction of sp³-hybridized carbons (Fsp3) is 0.706. The first-order chi connectivity index (χ1) is 11.8. The third kappa shape index (κ3) is 8.19. The molecule has 8 heteroatoms. The average Bonchev–Trinajstić information content (AvgIpc) is 3.14. The van der Waals surface area contributed by atoms with Gasteiger partial charge in [0.15, 0.2) is 5.96 Å². The van der Waals surface area contributed by atoms with Crippen LogP contribution in [0.3, 0.4) is 0 Å². The highest BCUT2D eigenvalue weighted by atomic mass is 127. The van der Waals surface area contributed by atoms with Gasteiger partial charge in [-0.25, -0.2) is 0 Å². The standard InChI is InChI=1S/C17H29N3O3S.HI/c1-18-16(20-14-17(24-2)6-11-21-12-7-17)19-8-4-9-22-13-15-5-3-10-23-15;/h3,5,10H,4,6-9,11-14H2,1-2H3,(H2,18,19,20);1H. The van der Waals surface area contributed by atoms with Gasteiger partial charge in [0.1, 0.15) is 12.4 Å². The summed E-state index contributed by atoms with van der Waals surface area (Å²) in [5.41, 5.74) is 0. The first-order valence-corrected chi connectivity index (χ1v) is 9.68. The van der Waals surface area contributed by atoms with Crippen LogP contribution in [0.2, 0.25) is 0 Å². The van der Waals surface area contributed by atoms with E-state index in [9.17, 15) is 0 Å². The van der Waals surface area contributed by atoms with Crippen LogP contribution in [0.15, 0.2) is 27.8 Å². The van der Waals surface area contributed by atoms with Crippen LogP contribution in [0.4, 0.5) is 0 Å². The molecule has 0 bridgehead atoms. The molecule has 1 fully saturated rings. The number of thioether (sulfide) groups is 1. The largest absolute Gasteiger partial charge is 0.467 e. The summed E-state index contributed by atoms with van der Waals surface area (Å²) < 4.78 is 16.5. The van der Waals surface area contributed by atoms with Gasteiger partial charge < -0.3 is 24.5 Å². The van der Waals surface area contributed by atoms with Crippen molar-refractivity contribution in [2.75, 3.05) is 46.2 Å². The molecule has 0 aromatic carbocycles. The number of nitrogens with one attached hydrogen (secondary N) is 2. The Morgan fingerprint density at radius 3 is 2.80 bits per heavy atom. The minimum atomic E-state index is 0. The van der Waals surface area contributed by atoms with Crippen LogP contribution in [0.25, 0.3) is 0 Å². The second-order valence-electron chi connectivity index (χ2n) is 5.84. The first-order valence-electron chi connectivity index (χ1n) is 8.45. The average molecular weight is 483 g/mol. The lowest BCUT2D eigenvalue weighted by Gasteiger charge is -2.36. The molecule has 2 rings (SSSR count). The van der Waals surface area contributed by atoms with Crippen LogP contribution in [0.1, 0.15) is 25.0 Å². The summed E-state index contributed by atoms with van der Waals surface area (Å²) >= 11 is 1.93. The second kappa shape index (κ2) is 12.8. The summed E-state index contributed by atoms with van der Waals surface area (Å²) in [4.78, 5) is 4.29. The van der Waals surface area contributed by atoms with Crippen molar-refractivity contribution in [2.24, 2.45) is 4.99 Å². The van der Waals surface area contributed by atoms with Gasteiger partial charge in [0.2, 0.25) is 0 Å². The van der Waals surface area contributed by atoms with Gasteiger partial charge in [-0.3, -0.25) is 4.99 Å². The van der Waals surface area contributed by atoms with Gasteiger partial charge in [-0.05, 0) is 37.7 Å². The number of ether oxygens (including phenoxy) is 2.